The lowest BCUT2D eigenvalue weighted by molar-refractivity contribution is -0.135. The molecular formula is C10H12N2O2. The summed E-state index contributed by atoms with van der Waals surface area (Å²) in [7, 11) is 0. The zero-order chi connectivity index (χ0) is 10.1. The highest BCUT2D eigenvalue weighted by molar-refractivity contribution is 5.82. The van der Waals surface area contributed by atoms with Crippen LogP contribution in [0, 0.1) is 0 Å². The summed E-state index contributed by atoms with van der Waals surface area (Å²) < 4.78 is 0. The third kappa shape index (κ3) is 1.38. The summed E-state index contributed by atoms with van der Waals surface area (Å²) >= 11 is 0. The predicted octanol–water partition coefficient (Wildman–Crippen LogP) is 0.195. The second-order valence-corrected chi connectivity index (χ2v) is 3.42. The van der Waals surface area contributed by atoms with Crippen LogP contribution in [-0.4, -0.2) is 22.1 Å². The van der Waals surface area contributed by atoms with Gasteiger partial charge >= 0.3 is 0 Å². The van der Waals surface area contributed by atoms with Crippen LogP contribution in [0.15, 0.2) is 30.3 Å². The molecule has 1 amide bonds. The minimum Gasteiger partial charge on any atom is -0.383 e. The first-order valence-corrected chi connectivity index (χ1v) is 4.51. The summed E-state index contributed by atoms with van der Waals surface area (Å²) in [6, 6.07) is 9.28. The number of aliphatic hydroxyl groups is 1. The minimum atomic E-state index is -0.954. The first-order valence-electron chi connectivity index (χ1n) is 4.51. The van der Waals surface area contributed by atoms with Crippen LogP contribution >= 0.6 is 0 Å². The number of hydrogen-bond acceptors (Lipinski definition) is 3. The Hall–Kier alpha value is -1.39. The molecule has 1 aliphatic heterocycles. The van der Waals surface area contributed by atoms with Gasteiger partial charge in [-0.3, -0.25) is 9.80 Å². The monoisotopic (exact) mass is 192 g/mol. The fourth-order valence-electron chi connectivity index (χ4n) is 1.72. The smallest absolute Gasteiger partial charge is 0.265 e. The van der Waals surface area contributed by atoms with E-state index >= 15 is 0 Å². The zero-order valence-electron chi connectivity index (χ0n) is 7.63. The van der Waals surface area contributed by atoms with Crippen LogP contribution < -0.4 is 5.84 Å². The van der Waals surface area contributed by atoms with Crippen LogP contribution in [0.2, 0.25) is 0 Å². The molecule has 74 valence electrons. The summed E-state index contributed by atoms with van der Waals surface area (Å²) in [5.41, 5.74) is 0.958. The first kappa shape index (κ1) is 9.18. The van der Waals surface area contributed by atoms with E-state index in [1.165, 1.54) is 0 Å². The van der Waals surface area contributed by atoms with Gasteiger partial charge in [-0.2, -0.15) is 0 Å². The van der Waals surface area contributed by atoms with Gasteiger partial charge < -0.3 is 5.11 Å². The van der Waals surface area contributed by atoms with Crippen LogP contribution in [0.3, 0.4) is 0 Å². The fraction of sp³-hybridized carbons (Fsp3) is 0.300. The maximum atomic E-state index is 11.2. The van der Waals surface area contributed by atoms with E-state index in [9.17, 15) is 9.90 Å². The molecule has 0 bridgehead atoms. The van der Waals surface area contributed by atoms with E-state index in [2.05, 4.69) is 0 Å². The predicted molar refractivity (Wildman–Crippen MR) is 50.8 cm³/mol. The lowest BCUT2D eigenvalue weighted by Crippen LogP contribution is -2.36. The molecule has 1 aliphatic rings. The van der Waals surface area contributed by atoms with Crippen molar-refractivity contribution in [2.24, 2.45) is 5.84 Å². The van der Waals surface area contributed by atoms with Crippen LogP contribution in [0.4, 0.5) is 0 Å². The van der Waals surface area contributed by atoms with Crippen molar-refractivity contribution in [1.82, 2.24) is 5.01 Å². The molecule has 1 aromatic rings. The summed E-state index contributed by atoms with van der Waals surface area (Å²) in [6.45, 7) is 0. The Bertz CT molecular complexity index is 339. The van der Waals surface area contributed by atoms with Gasteiger partial charge in [0.15, 0.2) is 0 Å². The summed E-state index contributed by atoms with van der Waals surface area (Å²) in [6.07, 6.45) is -0.579. The molecule has 0 aliphatic carbocycles. The molecule has 1 heterocycles. The summed E-state index contributed by atoms with van der Waals surface area (Å²) in [5, 5.41) is 10.4. The van der Waals surface area contributed by atoms with Crippen LogP contribution in [0.25, 0.3) is 0 Å². The second kappa shape index (κ2) is 3.40. The molecule has 1 saturated heterocycles. The van der Waals surface area contributed by atoms with Gasteiger partial charge in [0, 0.05) is 6.42 Å². The van der Waals surface area contributed by atoms with E-state index in [4.69, 9.17) is 5.84 Å². The van der Waals surface area contributed by atoms with Crippen molar-refractivity contribution in [3.63, 3.8) is 0 Å². The highest BCUT2D eigenvalue weighted by Gasteiger charge is 2.37. The van der Waals surface area contributed by atoms with Gasteiger partial charge in [0.05, 0.1) is 6.04 Å². The summed E-state index contributed by atoms with van der Waals surface area (Å²) in [5.74, 6) is 5.16. The maximum absolute atomic E-state index is 11.2. The van der Waals surface area contributed by atoms with Crippen molar-refractivity contribution in [2.75, 3.05) is 0 Å². The molecule has 3 N–H and O–H groups in total. The zero-order valence-corrected chi connectivity index (χ0v) is 7.63. The first-order chi connectivity index (χ1) is 6.70. The standard InChI is InChI=1S/C10H12N2O2/c11-12-8(6-9(13)10(12)14)7-4-2-1-3-5-7/h1-5,8-9,13H,6,11H2/t8?,9-/m0/s1. The van der Waals surface area contributed by atoms with E-state index in [1.807, 2.05) is 30.3 Å². The fourth-order valence-corrected chi connectivity index (χ4v) is 1.72. The van der Waals surface area contributed by atoms with Crippen LogP contribution in [-0.2, 0) is 4.79 Å². The van der Waals surface area contributed by atoms with Crippen LogP contribution in [0.1, 0.15) is 18.0 Å². The highest BCUT2D eigenvalue weighted by Crippen LogP contribution is 2.29. The van der Waals surface area contributed by atoms with Crippen molar-refractivity contribution >= 4 is 5.91 Å². The number of carbonyl (C=O) groups is 1. The maximum Gasteiger partial charge on any atom is 0.265 e. The topological polar surface area (TPSA) is 66.6 Å². The molecule has 14 heavy (non-hydrogen) atoms. The van der Waals surface area contributed by atoms with Crippen molar-refractivity contribution < 1.29 is 9.90 Å². The van der Waals surface area contributed by atoms with Gasteiger partial charge in [-0.15, -0.1) is 0 Å². The Morgan fingerprint density at radius 2 is 2.00 bits per heavy atom. The Morgan fingerprint density at radius 1 is 1.36 bits per heavy atom. The molecule has 0 spiro atoms. The number of carbonyl (C=O) groups excluding carboxylic acids is 1. The molecule has 2 rings (SSSR count). The number of aliphatic hydroxyl groups excluding tert-OH is 1. The molecule has 1 aromatic carbocycles. The van der Waals surface area contributed by atoms with Crippen molar-refractivity contribution in [3.8, 4) is 0 Å². The van der Waals surface area contributed by atoms with E-state index in [0.717, 1.165) is 10.6 Å². The average Bonchev–Trinajstić information content (AvgIpc) is 2.47. The average molecular weight is 192 g/mol. The highest BCUT2D eigenvalue weighted by atomic mass is 16.3. The molecule has 0 radical (unpaired) electrons. The number of hydrogen-bond donors (Lipinski definition) is 2. The van der Waals surface area contributed by atoms with Crippen molar-refractivity contribution in [2.45, 2.75) is 18.6 Å². The second-order valence-electron chi connectivity index (χ2n) is 3.42. The van der Waals surface area contributed by atoms with Gasteiger partial charge in [-0.05, 0) is 5.56 Å². The van der Waals surface area contributed by atoms with Crippen molar-refractivity contribution in [1.29, 1.82) is 0 Å². The van der Waals surface area contributed by atoms with Gasteiger partial charge in [0.25, 0.3) is 5.91 Å². The number of nitrogens with two attached hydrogens (primary N) is 1. The number of benzene rings is 1. The van der Waals surface area contributed by atoms with Crippen LogP contribution in [0.5, 0.6) is 0 Å². The molecular weight excluding hydrogens is 180 g/mol. The Kier molecular flexibility index (Phi) is 2.23. The lowest BCUT2D eigenvalue weighted by atomic mass is 10.0. The van der Waals surface area contributed by atoms with Gasteiger partial charge in [-0.25, -0.2) is 5.84 Å². The number of hydrazine groups is 1. The largest absolute Gasteiger partial charge is 0.383 e. The number of amides is 1. The van der Waals surface area contributed by atoms with E-state index in [1.54, 1.807) is 0 Å². The molecule has 0 aromatic heterocycles. The lowest BCUT2D eigenvalue weighted by Gasteiger charge is -2.18. The molecule has 4 heteroatoms. The van der Waals surface area contributed by atoms with E-state index in [-0.39, 0.29) is 6.04 Å². The Morgan fingerprint density at radius 3 is 2.50 bits per heavy atom. The summed E-state index contributed by atoms with van der Waals surface area (Å²) in [4.78, 5) is 11.2. The van der Waals surface area contributed by atoms with Gasteiger partial charge in [0.2, 0.25) is 0 Å². The van der Waals surface area contributed by atoms with E-state index < -0.39 is 12.0 Å². The molecule has 1 fully saturated rings. The van der Waals surface area contributed by atoms with Gasteiger partial charge in [-0.1, -0.05) is 30.3 Å². The SMILES string of the molecule is NN1C(=O)[C@@H](O)CC1c1ccccc1. The van der Waals surface area contributed by atoms with Crippen molar-refractivity contribution in [3.05, 3.63) is 35.9 Å². The van der Waals surface area contributed by atoms with Gasteiger partial charge in [0.1, 0.15) is 6.10 Å². The number of rotatable bonds is 1. The Labute approximate surface area is 81.9 Å². The number of nitrogens with zero attached hydrogens (tertiary/aromatic N) is 1. The third-order valence-electron chi connectivity index (χ3n) is 2.51. The molecule has 2 atom stereocenters. The molecule has 4 nitrogen and oxygen atoms in total. The molecule has 1 unspecified atom stereocenters. The molecule has 0 saturated carbocycles. The normalized spacial score (nSPS) is 27.0. The van der Waals surface area contributed by atoms with E-state index in [0.29, 0.717) is 6.42 Å². The quantitative estimate of drug-likeness (QED) is 0.493. The minimum absolute atomic E-state index is 0.196. The third-order valence-corrected chi connectivity index (χ3v) is 2.51. The Balaban J connectivity index is 2.26.